The first-order valence-electron chi connectivity index (χ1n) is 11.4. The summed E-state index contributed by atoms with van der Waals surface area (Å²) < 4.78 is 0. The van der Waals surface area contributed by atoms with Gasteiger partial charge in [0, 0.05) is 18.8 Å². The van der Waals surface area contributed by atoms with E-state index >= 15 is 0 Å². The van der Waals surface area contributed by atoms with Crippen LogP contribution in [0.2, 0.25) is 0 Å². The number of benzene rings is 1. The smallest absolute Gasteiger partial charge is 0.247 e. The highest BCUT2D eigenvalue weighted by molar-refractivity contribution is 5.98. The van der Waals surface area contributed by atoms with Crippen molar-refractivity contribution in [1.29, 1.82) is 0 Å². The molecule has 4 nitrogen and oxygen atoms in total. The number of nitrogens with one attached hydrogen (secondary N) is 1. The van der Waals surface area contributed by atoms with Gasteiger partial charge in [0.05, 0.1) is 6.42 Å². The van der Waals surface area contributed by atoms with Crippen LogP contribution in [0.1, 0.15) is 83.6 Å². The minimum absolute atomic E-state index is 0.207. The van der Waals surface area contributed by atoms with Gasteiger partial charge in [0.2, 0.25) is 11.8 Å². The molecule has 0 heterocycles. The van der Waals surface area contributed by atoms with E-state index in [1.54, 1.807) is 0 Å². The molecule has 4 heteroatoms. The van der Waals surface area contributed by atoms with Gasteiger partial charge in [-0.1, -0.05) is 83.9 Å². The molecule has 0 radical (unpaired) electrons. The molecule has 162 valence electrons. The lowest BCUT2D eigenvalue weighted by Crippen LogP contribution is -2.34. The van der Waals surface area contributed by atoms with Crippen molar-refractivity contribution in [1.82, 2.24) is 4.90 Å². The lowest BCUT2D eigenvalue weighted by molar-refractivity contribution is -0.130. The number of amides is 2. The Morgan fingerprint density at radius 1 is 0.862 bits per heavy atom. The Labute approximate surface area is 177 Å². The second kappa shape index (κ2) is 15.8. The van der Waals surface area contributed by atoms with Gasteiger partial charge in [0.15, 0.2) is 0 Å². The van der Waals surface area contributed by atoms with Crippen molar-refractivity contribution in [2.45, 2.75) is 84.5 Å². The normalized spacial score (nSPS) is 10.6. The monoisotopic (exact) mass is 400 g/mol. The zero-order valence-electron chi connectivity index (χ0n) is 18.5. The van der Waals surface area contributed by atoms with Gasteiger partial charge in [-0.25, -0.2) is 0 Å². The van der Waals surface area contributed by atoms with Crippen LogP contribution in [0.15, 0.2) is 36.9 Å². The van der Waals surface area contributed by atoms with Crippen LogP contribution < -0.4 is 5.32 Å². The number of anilines is 1. The fraction of sp³-hybridized carbons (Fsp3) is 0.600. The third kappa shape index (κ3) is 11.5. The highest BCUT2D eigenvalue weighted by Gasteiger charge is 2.14. The van der Waals surface area contributed by atoms with Gasteiger partial charge >= 0.3 is 0 Å². The lowest BCUT2D eigenvalue weighted by Gasteiger charge is -2.23. The van der Waals surface area contributed by atoms with E-state index in [9.17, 15) is 9.59 Å². The van der Waals surface area contributed by atoms with Gasteiger partial charge in [0.1, 0.15) is 0 Å². The molecule has 1 aromatic carbocycles. The SMILES string of the molecule is C=CC(=O)Nc1ccc(CC(=O)N(CCCCCCC)CCCCCCC)cc1. The Morgan fingerprint density at radius 3 is 1.86 bits per heavy atom. The fourth-order valence-electron chi connectivity index (χ4n) is 3.36. The molecule has 0 aliphatic rings. The summed E-state index contributed by atoms with van der Waals surface area (Å²) in [6.07, 6.45) is 13.8. The van der Waals surface area contributed by atoms with Crippen molar-refractivity contribution >= 4 is 17.5 Å². The van der Waals surface area contributed by atoms with Gasteiger partial charge < -0.3 is 10.2 Å². The van der Waals surface area contributed by atoms with Crippen molar-refractivity contribution in [3.8, 4) is 0 Å². The molecule has 0 aromatic heterocycles. The average molecular weight is 401 g/mol. The predicted molar refractivity (Wildman–Crippen MR) is 123 cm³/mol. The largest absolute Gasteiger partial charge is 0.342 e. The molecule has 2 amide bonds. The maximum absolute atomic E-state index is 12.9. The second-order valence-electron chi connectivity index (χ2n) is 7.78. The van der Waals surface area contributed by atoms with Crippen molar-refractivity contribution in [3.05, 3.63) is 42.5 Å². The van der Waals surface area contributed by atoms with Crippen molar-refractivity contribution in [2.75, 3.05) is 18.4 Å². The number of rotatable bonds is 16. The summed E-state index contributed by atoms with van der Waals surface area (Å²) >= 11 is 0. The van der Waals surface area contributed by atoms with E-state index in [1.807, 2.05) is 24.3 Å². The Balaban J connectivity index is 2.56. The summed E-state index contributed by atoms with van der Waals surface area (Å²) in [5.41, 5.74) is 1.70. The Kier molecular flexibility index (Phi) is 13.6. The topological polar surface area (TPSA) is 49.4 Å². The molecule has 0 spiro atoms. The first-order valence-corrected chi connectivity index (χ1v) is 11.4. The van der Waals surface area contributed by atoms with Gasteiger partial charge in [-0.2, -0.15) is 0 Å². The van der Waals surface area contributed by atoms with Gasteiger partial charge in [-0.15, -0.1) is 0 Å². The van der Waals surface area contributed by atoms with Crippen molar-refractivity contribution in [2.24, 2.45) is 0 Å². The van der Waals surface area contributed by atoms with E-state index in [4.69, 9.17) is 0 Å². The average Bonchev–Trinajstić information content (AvgIpc) is 2.73. The van der Waals surface area contributed by atoms with E-state index in [0.717, 1.165) is 37.2 Å². The van der Waals surface area contributed by atoms with Crippen LogP contribution in [-0.4, -0.2) is 29.8 Å². The summed E-state index contributed by atoms with van der Waals surface area (Å²) in [4.78, 5) is 26.3. The number of carbonyl (C=O) groups is 2. The van der Waals surface area contributed by atoms with E-state index in [2.05, 4.69) is 30.6 Å². The predicted octanol–water partition coefficient (Wildman–Crippen LogP) is 6.12. The van der Waals surface area contributed by atoms with Crippen molar-refractivity contribution < 1.29 is 9.59 Å². The van der Waals surface area contributed by atoms with Crippen molar-refractivity contribution in [3.63, 3.8) is 0 Å². The van der Waals surface area contributed by atoms with Crippen LogP contribution in [0.5, 0.6) is 0 Å². The summed E-state index contributed by atoms with van der Waals surface area (Å²) in [7, 11) is 0. The van der Waals surface area contributed by atoms with Crippen LogP contribution in [0.3, 0.4) is 0 Å². The molecule has 0 aliphatic heterocycles. The molecule has 1 rings (SSSR count). The zero-order chi connectivity index (χ0) is 21.3. The second-order valence-corrected chi connectivity index (χ2v) is 7.78. The summed E-state index contributed by atoms with van der Waals surface area (Å²) in [5.74, 6) is -0.0231. The molecule has 0 atom stereocenters. The third-order valence-corrected chi connectivity index (χ3v) is 5.18. The fourth-order valence-corrected chi connectivity index (χ4v) is 3.36. The molecule has 1 N–H and O–H groups in total. The number of carbonyl (C=O) groups excluding carboxylic acids is 2. The Hall–Kier alpha value is -2.10. The Bertz CT molecular complexity index is 581. The van der Waals surface area contributed by atoms with Crippen LogP contribution in [0, 0.1) is 0 Å². The molecule has 0 fully saturated rings. The maximum Gasteiger partial charge on any atom is 0.247 e. The quantitative estimate of drug-likeness (QED) is 0.268. The highest BCUT2D eigenvalue weighted by Crippen LogP contribution is 2.13. The highest BCUT2D eigenvalue weighted by atomic mass is 16.2. The first-order chi connectivity index (χ1) is 14.1. The first kappa shape index (κ1) is 24.9. The van der Waals surface area contributed by atoms with Gasteiger partial charge in [0.25, 0.3) is 0 Å². The summed E-state index contributed by atoms with van der Waals surface area (Å²) in [6, 6.07) is 7.50. The molecular weight excluding hydrogens is 360 g/mol. The van der Waals surface area contributed by atoms with Crippen LogP contribution >= 0.6 is 0 Å². The number of unbranched alkanes of at least 4 members (excludes halogenated alkanes) is 8. The van der Waals surface area contributed by atoms with E-state index in [1.165, 1.54) is 57.4 Å². The zero-order valence-corrected chi connectivity index (χ0v) is 18.5. The Morgan fingerprint density at radius 2 is 1.38 bits per heavy atom. The summed E-state index contributed by atoms with van der Waals surface area (Å²) in [5, 5.41) is 2.73. The molecule has 0 saturated carbocycles. The van der Waals surface area contributed by atoms with Gasteiger partial charge in [-0.3, -0.25) is 9.59 Å². The van der Waals surface area contributed by atoms with Gasteiger partial charge in [-0.05, 0) is 36.6 Å². The molecule has 1 aromatic rings. The van der Waals surface area contributed by atoms with E-state index in [-0.39, 0.29) is 11.8 Å². The summed E-state index contributed by atoms with van der Waals surface area (Å²) in [6.45, 7) is 9.63. The number of hydrogen-bond donors (Lipinski definition) is 1. The minimum Gasteiger partial charge on any atom is -0.342 e. The van der Waals surface area contributed by atoms with Crippen LogP contribution in [-0.2, 0) is 16.0 Å². The molecule has 0 bridgehead atoms. The van der Waals surface area contributed by atoms with Crippen LogP contribution in [0.4, 0.5) is 5.69 Å². The van der Waals surface area contributed by atoms with E-state index in [0.29, 0.717) is 6.42 Å². The molecule has 29 heavy (non-hydrogen) atoms. The number of nitrogens with zero attached hydrogens (tertiary/aromatic N) is 1. The number of hydrogen-bond acceptors (Lipinski definition) is 2. The molecular formula is C25H40N2O2. The minimum atomic E-state index is -0.230. The third-order valence-electron chi connectivity index (χ3n) is 5.18. The maximum atomic E-state index is 12.9. The standard InChI is InChI=1S/C25H40N2O2/c1-4-7-9-11-13-19-27(20-14-12-10-8-5-2)25(29)21-22-15-17-23(18-16-22)26-24(28)6-3/h6,15-18H,3-5,7-14,19-21H2,1-2H3,(H,26,28). The lowest BCUT2D eigenvalue weighted by atomic mass is 10.1. The molecule has 0 unspecified atom stereocenters. The van der Waals surface area contributed by atoms with Crippen LogP contribution in [0.25, 0.3) is 0 Å². The molecule has 0 saturated heterocycles. The van der Waals surface area contributed by atoms with E-state index < -0.39 is 0 Å². The molecule has 0 aliphatic carbocycles.